The molecule has 2 rings (SSSR count). The number of anilines is 1. The molecule has 2 atom stereocenters. The number of hydrogen-bond acceptors (Lipinski definition) is 5. The first-order valence-corrected chi connectivity index (χ1v) is 6.91. The van der Waals surface area contributed by atoms with Crippen LogP contribution < -0.4 is 4.90 Å². The van der Waals surface area contributed by atoms with Gasteiger partial charge in [0.05, 0.1) is 5.56 Å². The summed E-state index contributed by atoms with van der Waals surface area (Å²) in [7, 11) is 0. The molecule has 1 aliphatic heterocycles. The Labute approximate surface area is 110 Å². The van der Waals surface area contributed by atoms with Gasteiger partial charge in [0.25, 0.3) is 0 Å². The van der Waals surface area contributed by atoms with Crippen LogP contribution in [0, 0.1) is 0 Å². The van der Waals surface area contributed by atoms with Gasteiger partial charge in [-0.15, -0.1) is 0 Å². The Balaban J connectivity index is 2.39. The molecule has 0 amide bonds. The monoisotopic (exact) mass is 271 g/mol. The second kappa shape index (κ2) is 5.23. The quantitative estimate of drug-likeness (QED) is 0.610. The Morgan fingerprint density at radius 1 is 1.53 bits per heavy atom. The van der Waals surface area contributed by atoms with E-state index in [0.717, 1.165) is 18.6 Å². The maximum absolute atomic E-state index is 11.1. The van der Waals surface area contributed by atoms with E-state index < -0.39 is 0 Å². The van der Waals surface area contributed by atoms with Crippen LogP contribution in [0.2, 0.25) is 5.15 Å². The maximum atomic E-state index is 11.1. The highest BCUT2D eigenvalue weighted by Gasteiger charge is 2.28. The zero-order valence-electron chi connectivity index (χ0n) is 9.76. The summed E-state index contributed by atoms with van der Waals surface area (Å²) in [6.07, 6.45) is 2.14. The molecular formula is C11H14ClN3OS. The molecule has 0 radical (unpaired) electrons. The van der Waals surface area contributed by atoms with Crippen molar-refractivity contribution in [2.75, 3.05) is 17.2 Å². The number of hydrogen-bond donors (Lipinski definition) is 0. The van der Waals surface area contributed by atoms with E-state index in [2.05, 4.69) is 28.7 Å². The molecule has 0 aromatic carbocycles. The Bertz CT molecular complexity index is 429. The Morgan fingerprint density at radius 3 is 3.00 bits per heavy atom. The fraction of sp³-hybridized carbons (Fsp3) is 0.545. The molecule has 0 saturated carbocycles. The lowest BCUT2D eigenvalue weighted by Gasteiger charge is -2.38. The molecule has 0 spiro atoms. The number of aldehydes is 1. The van der Waals surface area contributed by atoms with Crippen LogP contribution >= 0.6 is 23.4 Å². The van der Waals surface area contributed by atoms with Crippen LogP contribution in [0.15, 0.2) is 6.33 Å². The van der Waals surface area contributed by atoms with Crippen LogP contribution in [0.3, 0.4) is 0 Å². The highest BCUT2D eigenvalue weighted by Crippen LogP contribution is 2.30. The topological polar surface area (TPSA) is 46.1 Å². The first-order valence-electron chi connectivity index (χ1n) is 5.49. The van der Waals surface area contributed by atoms with Gasteiger partial charge in [0, 0.05) is 23.6 Å². The fourth-order valence-corrected chi connectivity index (χ4v) is 3.20. The first-order chi connectivity index (χ1) is 8.15. The van der Waals surface area contributed by atoms with Crippen molar-refractivity contribution in [3.05, 3.63) is 17.0 Å². The first kappa shape index (κ1) is 12.6. The lowest BCUT2D eigenvalue weighted by molar-refractivity contribution is 0.112. The Morgan fingerprint density at radius 2 is 2.29 bits per heavy atom. The number of nitrogens with zero attached hydrogens (tertiary/aromatic N) is 3. The SMILES string of the molecule is CC1SCCN(c2ncnc(Cl)c2C=O)C1C. The summed E-state index contributed by atoms with van der Waals surface area (Å²) in [6, 6.07) is 0.332. The Kier molecular flexibility index (Phi) is 3.89. The highest BCUT2D eigenvalue weighted by molar-refractivity contribution is 8.00. The fourth-order valence-electron chi connectivity index (χ4n) is 1.93. The molecule has 1 saturated heterocycles. The number of rotatable bonds is 2. The third-order valence-electron chi connectivity index (χ3n) is 3.09. The lowest BCUT2D eigenvalue weighted by Crippen LogP contribution is -2.45. The van der Waals surface area contributed by atoms with Gasteiger partial charge >= 0.3 is 0 Å². The number of carbonyl (C=O) groups excluding carboxylic acids is 1. The van der Waals surface area contributed by atoms with Crippen molar-refractivity contribution in [1.29, 1.82) is 0 Å². The average molecular weight is 272 g/mol. The van der Waals surface area contributed by atoms with Gasteiger partial charge in [0.2, 0.25) is 0 Å². The van der Waals surface area contributed by atoms with Gasteiger partial charge in [-0.3, -0.25) is 4.79 Å². The van der Waals surface area contributed by atoms with Gasteiger partial charge in [0.1, 0.15) is 17.3 Å². The van der Waals surface area contributed by atoms with Crippen molar-refractivity contribution < 1.29 is 4.79 Å². The van der Waals surface area contributed by atoms with Crippen molar-refractivity contribution >= 4 is 35.5 Å². The number of thioether (sulfide) groups is 1. The molecule has 0 N–H and O–H groups in total. The smallest absolute Gasteiger partial charge is 0.156 e. The summed E-state index contributed by atoms with van der Waals surface area (Å²) >= 11 is 7.85. The second-order valence-corrected chi connectivity index (χ2v) is 5.87. The van der Waals surface area contributed by atoms with Crippen molar-refractivity contribution in [2.24, 2.45) is 0 Å². The normalized spacial score (nSPS) is 24.8. The van der Waals surface area contributed by atoms with E-state index in [9.17, 15) is 4.79 Å². The van der Waals surface area contributed by atoms with Crippen molar-refractivity contribution in [3.63, 3.8) is 0 Å². The van der Waals surface area contributed by atoms with E-state index in [0.29, 0.717) is 22.7 Å². The summed E-state index contributed by atoms with van der Waals surface area (Å²) in [5.74, 6) is 1.69. The van der Waals surface area contributed by atoms with Crippen molar-refractivity contribution in [1.82, 2.24) is 9.97 Å². The Hall–Kier alpha value is -0.810. The van der Waals surface area contributed by atoms with Gasteiger partial charge in [-0.1, -0.05) is 18.5 Å². The molecule has 0 bridgehead atoms. The molecular weight excluding hydrogens is 258 g/mol. The van der Waals surface area contributed by atoms with Gasteiger partial charge in [-0.25, -0.2) is 9.97 Å². The predicted molar refractivity (Wildman–Crippen MR) is 71.2 cm³/mol. The third-order valence-corrected chi connectivity index (χ3v) is 4.73. The van der Waals surface area contributed by atoms with Gasteiger partial charge in [-0.2, -0.15) is 11.8 Å². The van der Waals surface area contributed by atoms with Crippen molar-refractivity contribution in [2.45, 2.75) is 25.1 Å². The zero-order valence-corrected chi connectivity index (χ0v) is 11.3. The third kappa shape index (κ3) is 2.40. The van der Waals surface area contributed by atoms with Gasteiger partial charge in [-0.05, 0) is 6.92 Å². The minimum Gasteiger partial charge on any atom is -0.351 e. The summed E-state index contributed by atoms with van der Waals surface area (Å²) < 4.78 is 0. The highest BCUT2D eigenvalue weighted by atomic mass is 35.5. The molecule has 1 aliphatic rings. The summed E-state index contributed by atoms with van der Waals surface area (Å²) in [4.78, 5) is 21.3. The maximum Gasteiger partial charge on any atom is 0.156 e. The van der Waals surface area contributed by atoms with E-state index in [1.807, 2.05) is 11.8 Å². The number of aromatic nitrogens is 2. The van der Waals surface area contributed by atoms with Crippen LogP contribution in [0.25, 0.3) is 0 Å². The molecule has 1 aromatic heterocycles. The molecule has 92 valence electrons. The summed E-state index contributed by atoms with van der Waals surface area (Å²) in [5, 5.41) is 0.736. The second-order valence-electron chi connectivity index (χ2n) is 4.03. The standard InChI is InChI=1S/C11H14ClN3OS/c1-7-8(2)17-4-3-15(7)11-9(5-16)10(12)13-6-14-11/h5-8H,3-4H2,1-2H3. The van der Waals surface area contributed by atoms with Crippen molar-refractivity contribution in [3.8, 4) is 0 Å². The molecule has 2 unspecified atom stereocenters. The lowest BCUT2D eigenvalue weighted by atomic mass is 10.2. The zero-order chi connectivity index (χ0) is 12.4. The van der Waals surface area contributed by atoms with Crippen LogP contribution in [0.1, 0.15) is 24.2 Å². The van der Waals surface area contributed by atoms with Crippen LogP contribution in [-0.2, 0) is 0 Å². The van der Waals surface area contributed by atoms with Gasteiger partial charge in [0.15, 0.2) is 6.29 Å². The van der Waals surface area contributed by atoms with E-state index >= 15 is 0 Å². The molecule has 17 heavy (non-hydrogen) atoms. The minimum absolute atomic E-state index is 0.225. The van der Waals surface area contributed by atoms with E-state index in [1.165, 1.54) is 6.33 Å². The van der Waals surface area contributed by atoms with E-state index in [4.69, 9.17) is 11.6 Å². The molecule has 1 aromatic rings. The van der Waals surface area contributed by atoms with Gasteiger partial charge < -0.3 is 4.90 Å². The minimum atomic E-state index is 0.225. The molecule has 6 heteroatoms. The van der Waals surface area contributed by atoms with Crippen LogP contribution in [0.5, 0.6) is 0 Å². The predicted octanol–water partition coefficient (Wildman–Crippen LogP) is 2.27. The summed E-state index contributed by atoms with van der Waals surface area (Å²) in [5.41, 5.74) is 0.389. The number of halogens is 1. The molecule has 1 fully saturated rings. The number of carbonyl (C=O) groups is 1. The van der Waals surface area contributed by atoms with E-state index in [1.54, 1.807) is 0 Å². The van der Waals surface area contributed by atoms with E-state index in [-0.39, 0.29) is 5.15 Å². The molecule has 0 aliphatic carbocycles. The molecule has 2 heterocycles. The summed E-state index contributed by atoms with van der Waals surface area (Å²) in [6.45, 7) is 5.21. The molecule has 4 nitrogen and oxygen atoms in total. The largest absolute Gasteiger partial charge is 0.351 e. The van der Waals surface area contributed by atoms with Crippen LogP contribution in [-0.4, -0.2) is 39.8 Å². The van der Waals surface area contributed by atoms with Crippen LogP contribution in [0.4, 0.5) is 5.82 Å². The average Bonchev–Trinajstić information content (AvgIpc) is 2.32.